The Morgan fingerprint density at radius 2 is 2.00 bits per heavy atom. The molecule has 1 fully saturated rings. The summed E-state index contributed by atoms with van der Waals surface area (Å²) in [5.41, 5.74) is 1.99. The summed E-state index contributed by atoms with van der Waals surface area (Å²) in [4.78, 5) is 0. The Bertz CT molecular complexity index is 510. The van der Waals surface area contributed by atoms with Gasteiger partial charge in [0.15, 0.2) is 9.84 Å². The quantitative estimate of drug-likeness (QED) is 0.908. The average molecular weight is 267 g/mol. The first-order valence-electron chi connectivity index (χ1n) is 6.48. The van der Waals surface area contributed by atoms with Crippen LogP contribution in [0.1, 0.15) is 30.4 Å². The number of sulfone groups is 1. The van der Waals surface area contributed by atoms with E-state index < -0.39 is 9.84 Å². The van der Waals surface area contributed by atoms with Crippen LogP contribution in [0.2, 0.25) is 0 Å². The SMILES string of the molecule is CNC1CCCC1S(=O)(=O)Cc1ccccc1C. The van der Waals surface area contributed by atoms with E-state index in [4.69, 9.17) is 0 Å². The lowest BCUT2D eigenvalue weighted by Gasteiger charge is -2.19. The summed E-state index contributed by atoms with van der Waals surface area (Å²) in [7, 11) is -1.21. The summed E-state index contributed by atoms with van der Waals surface area (Å²) in [6.45, 7) is 1.97. The first kappa shape index (κ1) is 13.6. The summed E-state index contributed by atoms with van der Waals surface area (Å²) in [6, 6.07) is 7.85. The van der Waals surface area contributed by atoms with Gasteiger partial charge in [-0.2, -0.15) is 0 Å². The normalized spacial score (nSPS) is 24.3. The van der Waals surface area contributed by atoms with Gasteiger partial charge in [-0.05, 0) is 37.9 Å². The number of aryl methyl sites for hydroxylation is 1. The first-order valence-corrected chi connectivity index (χ1v) is 8.19. The fraction of sp³-hybridized carbons (Fsp3) is 0.571. The van der Waals surface area contributed by atoms with Gasteiger partial charge >= 0.3 is 0 Å². The summed E-state index contributed by atoms with van der Waals surface area (Å²) in [6.07, 6.45) is 2.76. The van der Waals surface area contributed by atoms with Crippen molar-refractivity contribution < 1.29 is 8.42 Å². The first-order chi connectivity index (χ1) is 8.54. The third-order valence-corrected chi connectivity index (χ3v) is 6.10. The molecule has 0 radical (unpaired) electrons. The molecule has 2 atom stereocenters. The summed E-state index contributed by atoms with van der Waals surface area (Å²) in [5.74, 6) is 0.169. The number of benzene rings is 1. The van der Waals surface area contributed by atoms with Crippen LogP contribution in [0.15, 0.2) is 24.3 Å². The van der Waals surface area contributed by atoms with Crippen LogP contribution in [0.4, 0.5) is 0 Å². The monoisotopic (exact) mass is 267 g/mol. The van der Waals surface area contributed by atoms with Crippen LogP contribution < -0.4 is 5.32 Å². The van der Waals surface area contributed by atoms with Gasteiger partial charge in [-0.3, -0.25) is 0 Å². The minimum absolute atomic E-state index is 0.124. The van der Waals surface area contributed by atoms with Crippen LogP contribution in [0.5, 0.6) is 0 Å². The number of hydrogen-bond donors (Lipinski definition) is 1. The zero-order valence-corrected chi connectivity index (χ0v) is 11.8. The maximum Gasteiger partial charge on any atom is 0.158 e. The predicted octanol–water partition coefficient (Wildman–Crippen LogP) is 2.05. The second-order valence-electron chi connectivity index (χ2n) is 5.10. The fourth-order valence-corrected chi connectivity index (χ4v) is 5.05. The van der Waals surface area contributed by atoms with E-state index in [1.54, 1.807) is 0 Å². The highest BCUT2D eigenvalue weighted by molar-refractivity contribution is 7.91. The lowest BCUT2D eigenvalue weighted by Crippen LogP contribution is -2.38. The molecule has 2 unspecified atom stereocenters. The molecule has 1 saturated carbocycles. The molecule has 1 aromatic rings. The molecule has 0 aromatic heterocycles. The molecule has 0 amide bonds. The molecule has 2 rings (SSSR count). The lowest BCUT2D eigenvalue weighted by molar-refractivity contribution is 0.537. The van der Waals surface area contributed by atoms with Crippen molar-refractivity contribution in [2.24, 2.45) is 0 Å². The number of nitrogens with one attached hydrogen (secondary N) is 1. The molecule has 1 aliphatic rings. The molecule has 1 aliphatic carbocycles. The Hall–Kier alpha value is -0.870. The van der Waals surface area contributed by atoms with Crippen LogP contribution in [0, 0.1) is 6.92 Å². The summed E-state index contributed by atoms with van der Waals surface area (Å²) in [5, 5.41) is 2.92. The van der Waals surface area contributed by atoms with Gasteiger partial charge in [0.2, 0.25) is 0 Å². The van der Waals surface area contributed by atoms with Crippen molar-refractivity contribution in [2.75, 3.05) is 7.05 Å². The van der Waals surface area contributed by atoms with Gasteiger partial charge in [0, 0.05) is 6.04 Å². The molecule has 100 valence electrons. The van der Waals surface area contributed by atoms with Crippen molar-refractivity contribution in [3.05, 3.63) is 35.4 Å². The van der Waals surface area contributed by atoms with Gasteiger partial charge in [-0.15, -0.1) is 0 Å². The van der Waals surface area contributed by atoms with E-state index in [2.05, 4.69) is 5.32 Å². The van der Waals surface area contributed by atoms with E-state index in [0.29, 0.717) is 0 Å². The Morgan fingerprint density at radius 3 is 2.67 bits per heavy atom. The lowest BCUT2D eigenvalue weighted by atomic mass is 10.1. The highest BCUT2D eigenvalue weighted by atomic mass is 32.2. The van der Waals surface area contributed by atoms with Crippen LogP contribution in [0.25, 0.3) is 0 Å². The molecule has 0 saturated heterocycles. The highest BCUT2D eigenvalue weighted by Crippen LogP contribution is 2.28. The van der Waals surface area contributed by atoms with Crippen LogP contribution in [0.3, 0.4) is 0 Å². The van der Waals surface area contributed by atoms with Crippen molar-refractivity contribution in [3.63, 3.8) is 0 Å². The van der Waals surface area contributed by atoms with Crippen LogP contribution in [-0.2, 0) is 15.6 Å². The molecular formula is C14H21NO2S. The minimum atomic E-state index is -3.06. The van der Waals surface area contributed by atoms with Gasteiger partial charge < -0.3 is 5.32 Å². The molecule has 0 heterocycles. The third-order valence-electron chi connectivity index (χ3n) is 3.90. The third kappa shape index (κ3) is 2.75. The van der Waals surface area contributed by atoms with Gasteiger partial charge in [0.1, 0.15) is 0 Å². The van der Waals surface area contributed by atoms with Crippen molar-refractivity contribution >= 4 is 9.84 Å². The molecule has 3 nitrogen and oxygen atoms in total. The zero-order chi connectivity index (χ0) is 13.2. The molecule has 1 N–H and O–H groups in total. The van der Waals surface area contributed by atoms with Gasteiger partial charge in [0.05, 0.1) is 11.0 Å². The standard InChI is InChI=1S/C14H21NO2S/c1-11-6-3-4-7-12(11)10-18(16,17)14-9-5-8-13(14)15-2/h3-4,6-7,13-15H,5,8-10H2,1-2H3. The summed E-state index contributed by atoms with van der Waals surface area (Å²) >= 11 is 0. The smallest absolute Gasteiger partial charge is 0.158 e. The number of hydrogen-bond acceptors (Lipinski definition) is 3. The zero-order valence-electron chi connectivity index (χ0n) is 11.0. The molecule has 18 heavy (non-hydrogen) atoms. The van der Waals surface area contributed by atoms with Crippen molar-refractivity contribution in [2.45, 2.75) is 43.2 Å². The number of rotatable bonds is 4. The van der Waals surface area contributed by atoms with Crippen LogP contribution >= 0.6 is 0 Å². The van der Waals surface area contributed by atoms with E-state index in [-0.39, 0.29) is 17.0 Å². The average Bonchev–Trinajstić information content (AvgIpc) is 2.81. The topological polar surface area (TPSA) is 46.2 Å². The van der Waals surface area contributed by atoms with Gasteiger partial charge in [0.25, 0.3) is 0 Å². The van der Waals surface area contributed by atoms with E-state index in [9.17, 15) is 8.42 Å². The molecule has 0 aliphatic heterocycles. The predicted molar refractivity (Wildman–Crippen MR) is 74.3 cm³/mol. The molecule has 4 heteroatoms. The highest BCUT2D eigenvalue weighted by Gasteiger charge is 2.36. The van der Waals surface area contributed by atoms with E-state index in [1.165, 1.54) is 0 Å². The maximum atomic E-state index is 12.5. The van der Waals surface area contributed by atoms with Gasteiger partial charge in [-0.1, -0.05) is 30.7 Å². The Kier molecular flexibility index (Phi) is 4.07. The second kappa shape index (κ2) is 5.41. The molecule has 0 bridgehead atoms. The van der Waals surface area contributed by atoms with E-state index in [0.717, 1.165) is 30.4 Å². The molecule has 0 spiro atoms. The van der Waals surface area contributed by atoms with Gasteiger partial charge in [-0.25, -0.2) is 8.42 Å². The van der Waals surface area contributed by atoms with E-state index in [1.807, 2.05) is 38.2 Å². The van der Waals surface area contributed by atoms with Crippen molar-refractivity contribution in [1.82, 2.24) is 5.32 Å². The Balaban J connectivity index is 2.20. The summed E-state index contributed by atoms with van der Waals surface area (Å²) < 4.78 is 25.0. The largest absolute Gasteiger partial charge is 0.316 e. The molecule has 1 aromatic carbocycles. The maximum absolute atomic E-state index is 12.5. The van der Waals surface area contributed by atoms with Crippen molar-refractivity contribution in [3.8, 4) is 0 Å². The second-order valence-corrected chi connectivity index (χ2v) is 7.32. The van der Waals surface area contributed by atoms with Crippen LogP contribution in [-0.4, -0.2) is 26.8 Å². The Labute approximate surface area is 110 Å². The Morgan fingerprint density at radius 1 is 1.28 bits per heavy atom. The molecular weight excluding hydrogens is 246 g/mol. The fourth-order valence-electron chi connectivity index (χ4n) is 2.78. The minimum Gasteiger partial charge on any atom is -0.316 e. The van der Waals surface area contributed by atoms with Crippen molar-refractivity contribution in [1.29, 1.82) is 0 Å². The van der Waals surface area contributed by atoms with E-state index >= 15 is 0 Å².